The first-order chi connectivity index (χ1) is 6.72. The summed E-state index contributed by atoms with van der Waals surface area (Å²) in [6, 6.07) is 4.25. The predicted molar refractivity (Wildman–Crippen MR) is 57.7 cm³/mol. The van der Waals surface area contributed by atoms with Gasteiger partial charge >= 0.3 is 0 Å². The van der Waals surface area contributed by atoms with Gasteiger partial charge in [0, 0.05) is 10.5 Å². The Balaban J connectivity index is 2.42. The molecule has 2 rings (SSSR count). The van der Waals surface area contributed by atoms with Gasteiger partial charge in [0.2, 0.25) is 6.79 Å². The van der Waals surface area contributed by atoms with Gasteiger partial charge in [0.1, 0.15) is 0 Å². The quantitative estimate of drug-likeness (QED) is 0.883. The molecule has 3 nitrogen and oxygen atoms in total. The summed E-state index contributed by atoms with van der Waals surface area (Å²) in [5.74, 6) is 1.63. The van der Waals surface area contributed by atoms with Crippen molar-refractivity contribution in [3.05, 3.63) is 22.2 Å². The van der Waals surface area contributed by atoms with Gasteiger partial charge in [0.15, 0.2) is 11.5 Å². The Morgan fingerprint density at radius 2 is 2.00 bits per heavy atom. The maximum atomic E-state index is 5.32. The lowest BCUT2D eigenvalue weighted by Gasteiger charge is -2.13. The molecule has 76 valence electrons. The summed E-state index contributed by atoms with van der Waals surface area (Å²) in [4.78, 5) is 0. The van der Waals surface area contributed by atoms with Gasteiger partial charge in [-0.3, -0.25) is 0 Å². The second-order valence-corrected chi connectivity index (χ2v) is 4.09. The third-order valence-electron chi connectivity index (χ3n) is 2.39. The zero-order valence-electron chi connectivity index (χ0n) is 8.13. The number of fused-ring (bicyclic) bond motifs is 1. The molecule has 0 aliphatic carbocycles. The van der Waals surface area contributed by atoms with Crippen LogP contribution in [0.15, 0.2) is 16.6 Å². The number of hydrogen-bond donors (Lipinski definition) is 1. The van der Waals surface area contributed by atoms with Gasteiger partial charge in [-0.05, 0) is 31.7 Å². The highest BCUT2D eigenvalue weighted by molar-refractivity contribution is 9.10. The van der Waals surface area contributed by atoms with Crippen molar-refractivity contribution in [2.45, 2.75) is 13.0 Å². The average Bonchev–Trinajstić information content (AvgIpc) is 2.62. The average molecular weight is 258 g/mol. The number of benzene rings is 1. The van der Waals surface area contributed by atoms with E-state index in [1.807, 2.05) is 19.2 Å². The first-order valence-corrected chi connectivity index (χ1v) is 5.28. The van der Waals surface area contributed by atoms with Crippen LogP contribution >= 0.6 is 15.9 Å². The molecule has 0 amide bonds. The molecule has 4 heteroatoms. The van der Waals surface area contributed by atoms with E-state index < -0.39 is 0 Å². The van der Waals surface area contributed by atoms with Crippen LogP contribution in [0, 0.1) is 0 Å². The lowest BCUT2D eigenvalue weighted by molar-refractivity contribution is 0.174. The molecule has 1 N–H and O–H groups in total. The zero-order valence-corrected chi connectivity index (χ0v) is 9.72. The molecular weight excluding hydrogens is 246 g/mol. The van der Waals surface area contributed by atoms with E-state index in [0.29, 0.717) is 12.8 Å². The zero-order chi connectivity index (χ0) is 10.1. The molecule has 0 unspecified atom stereocenters. The van der Waals surface area contributed by atoms with Crippen LogP contribution in [0.1, 0.15) is 18.5 Å². The van der Waals surface area contributed by atoms with E-state index >= 15 is 0 Å². The van der Waals surface area contributed by atoms with Crippen LogP contribution in [0.5, 0.6) is 11.5 Å². The normalized spacial score (nSPS) is 15.6. The minimum Gasteiger partial charge on any atom is -0.454 e. The molecular formula is C10H12BrNO2. The highest BCUT2D eigenvalue weighted by atomic mass is 79.9. The van der Waals surface area contributed by atoms with Crippen LogP contribution in [0.4, 0.5) is 0 Å². The largest absolute Gasteiger partial charge is 0.454 e. The van der Waals surface area contributed by atoms with Gasteiger partial charge in [-0.25, -0.2) is 0 Å². The van der Waals surface area contributed by atoms with E-state index in [9.17, 15) is 0 Å². The molecule has 1 aromatic carbocycles. The minimum absolute atomic E-state index is 0.291. The van der Waals surface area contributed by atoms with E-state index in [2.05, 4.69) is 28.2 Å². The van der Waals surface area contributed by atoms with E-state index in [0.717, 1.165) is 16.0 Å². The van der Waals surface area contributed by atoms with Crippen molar-refractivity contribution in [2.75, 3.05) is 13.8 Å². The fourth-order valence-corrected chi connectivity index (χ4v) is 2.09. The van der Waals surface area contributed by atoms with Crippen molar-refractivity contribution in [1.82, 2.24) is 5.32 Å². The van der Waals surface area contributed by atoms with Crippen molar-refractivity contribution in [2.24, 2.45) is 0 Å². The monoisotopic (exact) mass is 257 g/mol. The van der Waals surface area contributed by atoms with Gasteiger partial charge in [-0.1, -0.05) is 15.9 Å². The Kier molecular flexibility index (Phi) is 2.65. The van der Waals surface area contributed by atoms with Crippen LogP contribution in [-0.4, -0.2) is 13.8 Å². The number of nitrogens with one attached hydrogen (secondary N) is 1. The molecule has 1 aromatic rings. The molecule has 1 aliphatic heterocycles. The Hall–Kier alpha value is -0.740. The Bertz CT molecular complexity index is 354. The van der Waals surface area contributed by atoms with Crippen molar-refractivity contribution >= 4 is 15.9 Å². The molecule has 0 spiro atoms. The first-order valence-electron chi connectivity index (χ1n) is 4.48. The summed E-state index contributed by atoms with van der Waals surface area (Å²) in [6.45, 7) is 2.42. The molecule has 0 aromatic heterocycles. The number of halogens is 1. The molecule has 0 radical (unpaired) electrons. The van der Waals surface area contributed by atoms with Crippen molar-refractivity contribution in [1.29, 1.82) is 0 Å². The van der Waals surface area contributed by atoms with Gasteiger partial charge in [0.05, 0.1) is 0 Å². The molecule has 0 bridgehead atoms. The molecule has 14 heavy (non-hydrogen) atoms. The molecule has 0 saturated carbocycles. The highest BCUT2D eigenvalue weighted by Gasteiger charge is 2.18. The van der Waals surface area contributed by atoms with E-state index in [4.69, 9.17) is 9.47 Å². The second-order valence-electron chi connectivity index (χ2n) is 3.24. The Morgan fingerprint density at radius 3 is 2.64 bits per heavy atom. The van der Waals surface area contributed by atoms with Gasteiger partial charge in [0.25, 0.3) is 0 Å². The molecule has 0 fully saturated rings. The minimum atomic E-state index is 0.291. The third kappa shape index (κ3) is 1.60. The van der Waals surface area contributed by atoms with Gasteiger partial charge in [-0.2, -0.15) is 0 Å². The Labute approximate surface area is 91.5 Å². The first kappa shape index (κ1) is 9.80. The molecule has 0 saturated heterocycles. The maximum absolute atomic E-state index is 5.32. The number of rotatable bonds is 2. The smallest absolute Gasteiger partial charge is 0.231 e. The SMILES string of the molecule is CN[C@H](C)c1cc2c(cc1Br)OCO2. The molecule has 1 aliphatic rings. The van der Waals surface area contributed by atoms with Crippen molar-refractivity contribution in [3.8, 4) is 11.5 Å². The van der Waals surface area contributed by atoms with Crippen molar-refractivity contribution < 1.29 is 9.47 Å². The number of ether oxygens (including phenoxy) is 2. The molecule has 1 heterocycles. The molecule has 1 atom stereocenters. The van der Waals surface area contributed by atoms with E-state index in [1.54, 1.807) is 0 Å². The topological polar surface area (TPSA) is 30.5 Å². The highest BCUT2D eigenvalue weighted by Crippen LogP contribution is 2.38. The standard InChI is InChI=1S/C10H12BrNO2/c1-6(12-2)7-3-9-10(4-8(7)11)14-5-13-9/h3-4,6,12H,5H2,1-2H3/t6-/m1/s1. The van der Waals surface area contributed by atoms with Gasteiger partial charge < -0.3 is 14.8 Å². The summed E-state index contributed by atoms with van der Waals surface area (Å²) in [5, 5.41) is 3.19. The van der Waals surface area contributed by atoms with Crippen molar-refractivity contribution in [3.63, 3.8) is 0 Å². The van der Waals surface area contributed by atoms with Crippen LogP contribution < -0.4 is 14.8 Å². The second kappa shape index (κ2) is 3.79. The lowest BCUT2D eigenvalue weighted by atomic mass is 10.1. The summed E-state index contributed by atoms with van der Waals surface area (Å²) in [5.41, 5.74) is 1.18. The van der Waals surface area contributed by atoms with E-state index in [-0.39, 0.29) is 0 Å². The third-order valence-corrected chi connectivity index (χ3v) is 3.08. The maximum Gasteiger partial charge on any atom is 0.231 e. The van der Waals surface area contributed by atoms with Crippen LogP contribution in [-0.2, 0) is 0 Å². The van der Waals surface area contributed by atoms with Crippen LogP contribution in [0.3, 0.4) is 0 Å². The fourth-order valence-electron chi connectivity index (χ4n) is 1.42. The Morgan fingerprint density at radius 1 is 1.36 bits per heavy atom. The van der Waals surface area contributed by atoms with E-state index in [1.165, 1.54) is 5.56 Å². The lowest BCUT2D eigenvalue weighted by Crippen LogP contribution is -2.12. The fraction of sp³-hybridized carbons (Fsp3) is 0.400. The van der Waals surface area contributed by atoms with Crippen LogP contribution in [0.2, 0.25) is 0 Å². The summed E-state index contributed by atoms with van der Waals surface area (Å²) in [6.07, 6.45) is 0. The summed E-state index contributed by atoms with van der Waals surface area (Å²) < 4.78 is 11.6. The summed E-state index contributed by atoms with van der Waals surface area (Å²) >= 11 is 3.52. The number of hydrogen-bond acceptors (Lipinski definition) is 3. The van der Waals surface area contributed by atoms with Gasteiger partial charge in [-0.15, -0.1) is 0 Å². The summed E-state index contributed by atoms with van der Waals surface area (Å²) in [7, 11) is 1.93. The van der Waals surface area contributed by atoms with Crippen LogP contribution in [0.25, 0.3) is 0 Å². The predicted octanol–water partition coefficient (Wildman–Crippen LogP) is 2.46.